The van der Waals surface area contributed by atoms with Gasteiger partial charge in [-0.05, 0) is 37.5 Å². The second kappa shape index (κ2) is 6.48. The summed E-state index contributed by atoms with van der Waals surface area (Å²) in [5.74, 6) is 0.293. The smallest absolute Gasteiger partial charge is 0.267 e. The highest BCUT2D eigenvalue weighted by atomic mass is 16.2. The number of hydrazone groups is 1. The lowest BCUT2D eigenvalue weighted by atomic mass is 10.1. The molecule has 1 amide bonds. The predicted octanol–water partition coefficient (Wildman–Crippen LogP) is 4.27. The molecule has 1 heterocycles. The summed E-state index contributed by atoms with van der Waals surface area (Å²) in [6, 6.07) is 19.5. The Morgan fingerprint density at radius 2 is 1.80 bits per heavy atom. The molecule has 0 aliphatic heterocycles. The number of carbonyl (C=O) groups is 1. The molecule has 25 heavy (non-hydrogen) atoms. The van der Waals surface area contributed by atoms with Gasteiger partial charge in [-0.15, -0.1) is 0 Å². The number of para-hydroxylation sites is 1. The predicted molar refractivity (Wildman–Crippen MR) is 99.8 cm³/mol. The fraction of sp³-hybridized carbons (Fsp3) is 0.190. The van der Waals surface area contributed by atoms with E-state index >= 15 is 0 Å². The summed E-state index contributed by atoms with van der Waals surface area (Å²) in [4.78, 5) is 17.5. The maximum Gasteiger partial charge on any atom is 0.272 e. The second-order valence-electron chi connectivity index (χ2n) is 6.39. The minimum atomic E-state index is -0.198. The Morgan fingerprint density at radius 1 is 1.08 bits per heavy atom. The summed E-state index contributed by atoms with van der Waals surface area (Å²) in [5, 5.41) is 5.12. The average molecular weight is 329 g/mol. The van der Waals surface area contributed by atoms with E-state index in [1.165, 1.54) is 0 Å². The van der Waals surface area contributed by atoms with E-state index in [1.54, 1.807) is 0 Å². The number of rotatable bonds is 4. The van der Waals surface area contributed by atoms with Crippen LogP contribution in [0.25, 0.3) is 10.9 Å². The second-order valence-corrected chi connectivity index (χ2v) is 6.39. The molecule has 124 valence electrons. The van der Waals surface area contributed by atoms with Gasteiger partial charge in [0.1, 0.15) is 0 Å². The quantitative estimate of drug-likeness (QED) is 0.574. The molecule has 0 saturated heterocycles. The number of amides is 1. The third-order valence-electron chi connectivity index (χ3n) is 4.49. The van der Waals surface area contributed by atoms with Crippen LogP contribution in [0, 0.1) is 0 Å². The van der Waals surface area contributed by atoms with E-state index in [9.17, 15) is 4.79 Å². The minimum Gasteiger partial charge on any atom is -0.267 e. The maximum atomic E-state index is 12.7. The Bertz CT molecular complexity index is 959. The van der Waals surface area contributed by atoms with Crippen LogP contribution < -0.4 is 5.43 Å². The Morgan fingerprint density at radius 3 is 2.56 bits per heavy atom. The first kappa shape index (κ1) is 15.5. The Labute approximate surface area is 146 Å². The van der Waals surface area contributed by atoms with Crippen LogP contribution in [0.3, 0.4) is 0 Å². The fourth-order valence-corrected chi connectivity index (χ4v) is 2.91. The minimum absolute atomic E-state index is 0.198. The van der Waals surface area contributed by atoms with Gasteiger partial charge < -0.3 is 0 Å². The lowest BCUT2D eigenvalue weighted by molar-refractivity contribution is 0.0956. The van der Waals surface area contributed by atoms with E-state index in [0.717, 1.165) is 40.7 Å². The first-order chi connectivity index (χ1) is 12.2. The first-order valence-electron chi connectivity index (χ1n) is 8.52. The lowest BCUT2D eigenvalue weighted by Gasteiger charge is -2.09. The van der Waals surface area contributed by atoms with E-state index in [4.69, 9.17) is 4.98 Å². The van der Waals surface area contributed by atoms with Crippen molar-refractivity contribution in [3.8, 4) is 0 Å². The number of aromatic nitrogens is 1. The van der Waals surface area contributed by atoms with Crippen molar-refractivity contribution in [3.05, 3.63) is 77.5 Å². The molecule has 1 aliphatic carbocycles. The summed E-state index contributed by atoms with van der Waals surface area (Å²) in [7, 11) is 0. The van der Waals surface area contributed by atoms with E-state index in [0.29, 0.717) is 11.5 Å². The van der Waals surface area contributed by atoms with Crippen LogP contribution in [0.2, 0.25) is 0 Å². The van der Waals surface area contributed by atoms with Crippen molar-refractivity contribution in [3.63, 3.8) is 0 Å². The van der Waals surface area contributed by atoms with E-state index in [-0.39, 0.29) is 5.91 Å². The van der Waals surface area contributed by atoms with Gasteiger partial charge in [0.2, 0.25) is 0 Å². The number of nitrogens with zero attached hydrogens (tertiary/aromatic N) is 2. The Kier molecular flexibility index (Phi) is 4.02. The number of hydrogen-bond acceptors (Lipinski definition) is 3. The van der Waals surface area contributed by atoms with Crippen molar-refractivity contribution in [2.24, 2.45) is 5.10 Å². The number of carbonyl (C=O) groups excluding carboxylic acids is 1. The SMILES string of the molecule is C/C(=N/NC(=O)c1cc(C2CC2)nc2ccccc12)c1ccccc1. The highest BCUT2D eigenvalue weighted by Crippen LogP contribution is 2.40. The van der Waals surface area contributed by atoms with Gasteiger partial charge in [0.15, 0.2) is 0 Å². The van der Waals surface area contributed by atoms with Crippen LogP contribution in [0.4, 0.5) is 0 Å². The van der Waals surface area contributed by atoms with Gasteiger partial charge in [0.25, 0.3) is 5.91 Å². The summed E-state index contributed by atoms with van der Waals surface area (Å²) in [6.07, 6.45) is 2.30. The fourth-order valence-electron chi connectivity index (χ4n) is 2.91. The number of nitrogens with one attached hydrogen (secondary N) is 1. The normalized spacial score (nSPS) is 14.5. The molecule has 0 unspecified atom stereocenters. The van der Waals surface area contributed by atoms with E-state index in [2.05, 4.69) is 10.5 Å². The Hall–Kier alpha value is -3.01. The van der Waals surface area contributed by atoms with E-state index in [1.807, 2.05) is 67.6 Å². The van der Waals surface area contributed by atoms with Crippen molar-refractivity contribution in [1.82, 2.24) is 10.4 Å². The first-order valence-corrected chi connectivity index (χ1v) is 8.52. The van der Waals surface area contributed by atoms with Crippen molar-refractivity contribution in [1.29, 1.82) is 0 Å². The molecule has 4 nitrogen and oxygen atoms in total. The van der Waals surface area contributed by atoms with Gasteiger partial charge in [-0.3, -0.25) is 9.78 Å². The molecule has 0 radical (unpaired) electrons. The highest BCUT2D eigenvalue weighted by Gasteiger charge is 2.26. The topological polar surface area (TPSA) is 54.4 Å². The molecule has 1 fully saturated rings. The summed E-state index contributed by atoms with van der Waals surface area (Å²) < 4.78 is 0. The maximum absolute atomic E-state index is 12.7. The molecule has 0 spiro atoms. The van der Waals surface area contributed by atoms with Crippen molar-refractivity contribution in [2.75, 3.05) is 0 Å². The van der Waals surface area contributed by atoms with Crippen LogP contribution in [-0.2, 0) is 0 Å². The van der Waals surface area contributed by atoms with Crippen molar-refractivity contribution < 1.29 is 4.79 Å². The zero-order valence-corrected chi connectivity index (χ0v) is 14.1. The summed E-state index contributed by atoms with van der Waals surface area (Å²) in [5.41, 5.74) is 6.96. The van der Waals surface area contributed by atoms with Gasteiger partial charge in [0, 0.05) is 17.0 Å². The monoisotopic (exact) mass is 329 g/mol. The zero-order chi connectivity index (χ0) is 17.2. The summed E-state index contributed by atoms with van der Waals surface area (Å²) in [6.45, 7) is 1.88. The highest BCUT2D eigenvalue weighted by molar-refractivity contribution is 6.07. The number of fused-ring (bicyclic) bond motifs is 1. The Balaban J connectivity index is 1.65. The van der Waals surface area contributed by atoms with Gasteiger partial charge in [-0.25, -0.2) is 5.43 Å². The molecule has 1 aromatic heterocycles. The zero-order valence-electron chi connectivity index (χ0n) is 14.1. The molecule has 4 heteroatoms. The van der Waals surface area contributed by atoms with Crippen molar-refractivity contribution in [2.45, 2.75) is 25.7 Å². The van der Waals surface area contributed by atoms with Crippen LogP contribution in [0.5, 0.6) is 0 Å². The number of hydrogen-bond donors (Lipinski definition) is 1. The van der Waals surface area contributed by atoms with Gasteiger partial charge in [-0.2, -0.15) is 5.10 Å². The molecular formula is C21H19N3O. The van der Waals surface area contributed by atoms with Gasteiger partial charge in [0.05, 0.1) is 16.8 Å². The molecular weight excluding hydrogens is 310 g/mol. The summed E-state index contributed by atoms with van der Waals surface area (Å²) >= 11 is 0. The standard InChI is InChI=1S/C21H19N3O/c1-14(15-7-3-2-4-8-15)23-24-21(25)18-13-20(16-11-12-16)22-19-10-6-5-9-17(18)19/h2-10,13,16H,11-12H2,1H3,(H,24,25)/b23-14-. The molecule has 1 N–H and O–H groups in total. The van der Waals surface area contributed by atoms with Crippen LogP contribution in [0.15, 0.2) is 65.8 Å². The molecule has 3 aromatic rings. The largest absolute Gasteiger partial charge is 0.272 e. The molecule has 0 bridgehead atoms. The molecule has 2 aromatic carbocycles. The van der Waals surface area contributed by atoms with Gasteiger partial charge in [-0.1, -0.05) is 48.5 Å². The third-order valence-corrected chi connectivity index (χ3v) is 4.49. The third kappa shape index (κ3) is 3.29. The number of pyridine rings is 1. The van der Waals surface area contributed by atoms with Gasteiger partial charge >= 0.3 is 0 Å². The van der Waals surface area contributed by atoms with Crippen LogP contribution in [0.1, 0.15) is 47.3 Å². The molecule has 4 rings (SSSR count). The van der Waals surface area contributed by atoms with E-state index < -0.39 is 0 Å². The van der Waals surface area contributed by atoms with Crippen LogP contribution >= 0.6 is 0 Å². The molecule has 1 saturated carbocycles. The molecule has 1 aliphatic rings. The number of benzene rings is 2. The van der Waals surface area contributed by atoms with Crippen molar-refractivity contribution >= 4 is 22.5 Å². The lowest BCUT2D eigenvalue weighted by Crippen LogP contribution is -2.20. The molecule has 0 atom stereocenters. The average Bonchev–Trinajstić information content (AvgIpc) is 3.51. The van der Waals surface area contributed by atoms with Crippen LogP contribution in [-0.4, -0.2) is 16.6 Å².